The minimum atomic E-state index is -0.271. The summed E-state index contributed by atoms with van der Waals surface area (Å²) < 4.78 is 16.4. The summed E-state index contributed by atoms with van der Waals surface area (Å²) in [6, 6.07) is 1.59. The van der Waals surface area contributed by atoms with Crippen LogP contribution in [0.4, 0.5) is 4.39 Å². The first kappa shape index (κ1) is 13.4. The molecule has 0 amide bonds. The fraction of sp³-hybridized carbons (Fsp3) is 0.467. The number of nitrogens with one attached hydrogen (secondary N) is 1. The lowest BCUT2D eigenvalue weighted by molar-refractivity contribution is 0.452. The van der Waals surface area contributed by atoms with Crippen molar-refractivity contribution in [1.82, 2.24) is 19.9 Å². The topological polar surface area (TPSA) is 42.7 Å². The molecule has 0 aromatic carbocycles. The molecule has 0 unspecified atom stereocenters. The smallest absolute Gasteiger partial charge is 0.142 e. The van der Waals surface area contributed by atoms with E-state index in [-0.39, 0.29) is 5.82 Å². The van der Waals surface area contributed by atoms with Gasteiger partial charge in [-0.1, -0.05) is 0 Å². The zero-order valence-electron chi connectivity index (χ0n) is 11.6. The number of pyridine rings is 1. The number of hydrogen-bond acceptors (Lipinski definition) is 3. The van der Waals surface area contributed by atoms with Crippen LogP contribution >= 0.6 is 15.9 Å². The van der Waals surface area contributed by atoms with Crippen LogP contribution in [0.25, 0.3) is 5.82 Å². The normalized spacial score (nSPS) is 18.4. The van der Waals surface area contributed by atoms with Gasteiger partial charge in [0.1, 0.15) is 22.1 Å². The molecule has 4 nitrogen and oxygen atoms in total. The highest BCUT2D eigenvalue weighted by Gasteiger charge is 2.28. The van der Waals surface area contributed by atoms with Crippen LogP contribution in [0.1, 0.15) is 35.8 Å². The number of nitrogens with zero attached hydrogens (tertiary/aromatic N) is 3. The van der Waals surface area contributed by atoms with E-state index in [2.05, 4.69) is 30.8 Å². The Morgan fingerprint density at radius 3 is 2.90 bits per heavy atom. The first-order valence-electron chi connectivity index (χ1n) is 7.36. The largest absolute Gasteiger partial charge is 0.317 e. The Hall–Kier alpha value is -1.27. The number of imidazole rings is 1. The predicted octanol–water partition coefficient (Wildman–Crippen LogP) is 2.73. The molecule has 4 heterocycles. The summed E-state index contributed by atoms with van der Waals surface area (Å²) in [4.78, 5) is 9.13. The van der Waals surface area contributed by atoms with Crippen molar-refractivity contribution in [3.63, 3.8) is 0 Å². The van der Waals surface area contributed by atoms with Crippen LogP contribution in [0.3, 0.4) is 0 Å². The number of halogens is 2. The third-order valence-corrected chi connectivity index (χ3v) is 5.14. The van der Waals surface area contributed by atoms with Crippen molar-refractivity contribution < 1.29 is 4.39 Å². The zero-order chi connectivity index (χ0) is 14.4. The monoisotopic (exact) mass is 350 g/mol. The number of aryl methyl sites for hydroxylation is 2. The molecule has 0 spiro atoms. The van der Waals surface area contributed by atoms with E-state index in [0.717, 1.165) is 66.3 Å². The lowest BCUT2D eigenvalue weighted by atomic mass is 9.95. The molecule has 2 aromatic rings. The maximum absolute atomic E-state index is 13.4. The molecular formula is C15H16BrFN4. The summed E-state index contributed by atoms with van der Waals surface area (Å²) in [6.07, 6.45) is 5.14. The fourth-order valence-corrected chi connectivity index (χ4v) is 4.09. The summed E-state index contributed by atoms with van der Waals surface area (Å²) in [6.45, 7) is 2.08. The van der Waals surface area contributed by atoms with Crippen LogP contribution in [0.2, 0.25) is 0 Å². The average molecular weight is 351 g/mol. The molecule has 0 radical (unpaired) electrons. The van der Waals surface area contributed by atoms with Gasteiger partial charge in [-0.2, -0.15) is 0 Å². The second-order valence-corrected chi connectivity index (χ2v) is 6.45. The Kier molecular flexibility index (Phi) is 3.30. The van der Waals surface area contributed by atoms with E-state index in [9.17, 15) is 4.39 Å². The Balaban J connectivity index is 1.81. The van der Waals surface area contributed by atoms with Gasteiger partial charge < -0.3 is 5.32 Å². The number of fused-ring (bicyclic) bond motifs is 3. The molecule has 0 bridgehead atoms. The van der Waals surface area contributed by atoms with Gasteiger partial charge in [0.2, 0.25) is 0 Å². The SMILES string of the molecule is Fc1cnc2c(c1)CCc1nc(C3CCNCC3)c(Br)n1-2. The van der Waals surface area contributed by atoms with Crippen LogP contribution < -0.4 is 5.32 Å². The lowest BCUT2D eigenvalue weighted by Crippen LogP contribution is -2.27. The first-order valence-corrected chi connectivity index (χ1v) is 8.16. The quantitative estimate of drug-likeness (QED) is 0.859. The lowest BCUT2D eigenvalue weighted by Gasteiger charge is -2.21. The summed E-state index contributed by atoms with van der Waals surface area (Å²) in [5.41, 5.74) is 2.09. The third-order valence-electron chi connectivity index (χ3n) is 4.38. The van der Waals surface area contributed by atoms with E-state index in [4.69, 9.17) is 4.98 Å². The van der Waals surface area contributed by atoms with Gasteiger partial charge in [0, 0.05) is 12.3 Å². The van der Waals surface area contributed by atoms with E-state index in [1.165, 1.54) is 6.20 Å². The minimum Gasteiger partial charge on any atom is -0.317 e. The summed E-state index contributed by atoms with van der Waals surface area (Å²) in [7, 11) is 0. The van der Waals surface area contributed by atoms with Gasteiger partial charge in [-0.15, -0.1) is 0 Å². The molecule has 2 aliphatic heterocycles. The molecule has 1 N–H and O–H groups in total. The van der Waals surface area contributed by atoms with E-state index >= 15 is 0 Å². The van der Waals surface area contributed by atoms with Crippen LogP contribution in [-0.2, 0) is 12.8 Å². The Morgan fingerprint density at radius 1 is 1.29 bits per heavy atom. The van der Waals surface area contributed by atoms with Gasteiger partial charge in [0.25, 0.3) is 0 Å². The van der Waals surface area contributed by atoms with Gasteiger partial charge in [-0.05, 0) is 59.9 Å². The Bertz CT molecular complexity index is 691. The van der Waals surface area contributed by atoms with E-state index in [0.29, 0.717) is 5.92 Å². The van der Waals surface area contributed by atoms with Crippen molar-refractivity contribution in [2.24, 2.45) is 0 Å². The van der Waals surface area contributed by atoms with Crippen LogP contribution in [0.5, 0.6) is 0 Å². The molecule has 0 atom stereocenters. The van der Waals surface area contributed by atoms with E-state index < -0.39 is 0 Å². The molecule has 2 aromatic heterocycles. The van der Waals surface area contributed by atoms with Gasteiger partial charge in [-0.3, -0.25) is 4.57 Å². The second kappa shape index (κ2) is 5.18. The maximum atomic E-state index is 13.4. The van der Waals surface area contributed by atoms with Gasteiger partial charge in [0.15, 0.2) is 0 Å². The molecule has 0 aliphatic carbocycles. The highest BCUT2D eigenvalue weighted by atomic mass is 79.9. The van der Waals surface area contributed by atoms with Crippen LogP contribution in [-0.4, -0.2) is 27.6 Å². The molecule has 6 heteroatoms. The van der Waals surface area contributed by atoms with E-state index in [1.807, 2.05) is 0 Å². The number of hydrogen-bond donors (Lipinski definition) is 1. The van der Waals surface area contributed by atoms with Crippen molar-refractivity contribution in [2.45, 2.75) is 31.6 Å². The molecule has 2 aliphatic rings. The molecule has 0 saturated carbocycles. The Labute approximate surface area is 130 Å². The molecule has 21 heavy (non-hydrogen) atoms. The summed E-state index contributed by atoms with van der Waals surface area (Å²) in [5.74, 6) is 2.06. The highest BCUT2D eigenvalue weighted by Crippen LogP contribution is 2.35. The highest BCUT2D eigenvalue weighted by molar-refractivity contribution is 9.10. The number of piperidine rings is 1. The minimum absolute atomic E-state index is 0.271. The van der Waals surface area contributed by atoms with Gasteiger partial charge in [-0.25, -0.2) is 14.4 Å². The van der Waals surface area contributed by atoms with Gasteiger partial charge in [0.05, 0.1) is 11.9 Å². The number of aromatic nitrogens is 3. The molecule has 1 saturated heterocycles. The average Bonchev–Trinajstić information content (AvgIpc) is 2.85. The third kappa shape index (κ3) is 2.21. The second-order valence-electron chi connectivity index (χ2n) is 5.70. The molecular weight excluding hydrogens is 335 g/mol. The van der Waals surface area contributed by atoms with Gasteiger partial charge >= 0.3 is 0 Å². The van der Waals surface area contributed by atoms with E-state index in [1.54, 1.807) is 6.07 Å². The number of rotatable bonds is 1. The summed E-state index contributed by atoms with van der Waals surface area (Å²) in [5, 5.41) is 3.38. The fourth-order valence-electron chi connectivity index (χ4n) is 3.31. The van der Waals surface area contributed by atoms with Crippen LogP contribution in [0.15, 0.2) is 16.9 Å². The standard InChI is InChI=1S/C15H16BrFN4/c16-14-13(9-3-5-18-6-4-9)20-12-2-1-10-7-11(17)8-19-15(10)21(12)14/h7-9,18H,1-6H2. The van der Waals surface area contributed by atoms with Crippen molar-refractivity contribution in [1.29, 1.82) is 0 Å². The first-order chi connectivity index (χ1) is 10.2. The summed E-state index contributed by atoms with van der Waals surface area (Å²) >= 11 is 3.71. The maximum Gasteiger partial charge on any atom is 0.142 e. The predicted molar refractivity (Wildman–Crippen MR) is 81.3 cm³/mol. The van der Waals surface area contributed by atoms with Crippen molar-refractivity contribution in [3.05, 3.63) is 39.8 Å². The zero-order valence-corrected chi connectivity index (χ0v) is 13.2. The van der Waals surface area contributed by atoms with Crippen molar-refractivity contribution in [2.75, 3.05) is 13.1 Å². The Morgan fingerprint density at radius 2 is 2.10 bits per heavy atom. The molecule has 1 fully saturated rings. The molecule has 4 rings (SSSR count). The molecule has 110 valence electrons. The van der Waals surface area contributed by atoms with Crippen molar-refractivity contribution >= 4 is 15.9 Å². The van der Waals surface area contributed by atoms with Crippen molar-refractivity contribution in [3.8, 4) is 5.82 Å². The van der Waals surface area contributed by atoms with Crippen LogP contribution in [0, 0.1) is 5.82 Å².